The number of benzene rings is 1. The van der Waals surface area contributed by atoms with Gasteiger partial charge in [-0.2, -0.15) is 0 Å². The van der Waals surface area contributed by atoms with Crippen LogP contribution in [-0.2, 0) is 9.53 Å². The normalized spacial score (nSPS) is 23.9. The van der Waals surface area contributed by atoms with Crippen LogP contribution in [-0.4, -0.2) is 18.6 Å². The lowest BCUT2D eigenvalue weighted by Crippen LogP contribution is -2.26. The zero-order valence-electron chi connectivity index (χ0n) is 10.3. The van der Waals surface area contributed by atoms with Gasteiger partial charge in [-0.3, -0.25) is 4.79 Å². The molecule has 0 aromatic heterocycles. The van der Waals surface area contributed by atoms with Gasteiger partial charge < -0.3 is 10.1 Å². The van der Waals surface area contributed by atoms with Crippen LogP contribution in [0.5, 0.6) is 0 Å². The van der Waals surface area contributed by atoms with E-state index in [9.17, 15) is 4.79 Å². The number of esters is 1. The molecule has 0 amide bonds. The molecule has 1 heterocycles. The lowest BCUT2D eigenvalue weighted by molar-refractivity contribution is -0.152. The van der Waals surface area contributed by atoms with Gasteiger partial charge in [0.05, 0.1) is 12.0 Å². The predicted molar refractivity (Wildman–Crippen MR) is 66.5 cm³/mol. The van der Waals surface area contributed by atoms with E-state index < -0.39 is 0 Å². The van der Waals surface area contributed by atoms with Crippen molar-refractivity contribution in [1.29, 1.82) is 0 Å². The minimum Gasteiger partial charge on any atom is -0.463 e. The molecule has 1 fully saturated rings. The molecule has 92 valence electrons. The summed E-state index contributed by atoms with van der Waals surface area (Å²) in [4.78, 5) is 12.0. The van der Waals surface area contributed by atoms with Gasteiger partial charge in [0.1, 0.15) is 0 Å². The Kier molecular flexibility index (Phi) is 3.79. The van der Waals surface area contributed by atoms with Crippen LogP contribution < -0.4 is 5.32 Å². The summed E-state index contributed by atoms with van der Waals surface area (Å²) in [6.07, 6.45) is 0.810. The highest BCUT2D eigenvalue weighted by Gasteiger charge is 2.35. The van der Waals surface area contributed by atoms with Crippen LogP contribution in [0.15, 0.2) is 30.3 Å². The van der Waals surface area contributed by atoms with E-state index in [0.29, 0.717) is 0 Å². The Labute approximate surface area is 102 Å². The largest absolute Gasteiger partial charge is 0.463 e. The van der Waals surface area contributed by atoms with Crippen LogP contribution >= 0.6 is 0 Å². The van der Waals surface area contributed by atoms with E-state index in [-0.39, 0.29) is 24.0 Å². The number of hydrogen-bond donors (Lipinski definition) is 1. The van der Waals surface area contributed by atoms with Crippen molar-refractivity contribution in [1.82, 2.24) is 5.32 Å². The van der Waals surface area contributed by atoms with Gasteiger partial charge in [0, 0.05) is 6.04 Å². The molecule has 0 saturated carbocycles. The van der Waals surface area contributed by atoms with Crippen molar-refractivity contribution in [3.05, 3.63) is 35.9 Å². The molecule has 1 aromatic carbocycles. The van der Waals surface area contributed by atoms with E-state index in [2.05, 4.69) is 17.4 Å². The van der Waals surface area contributed by atoms with Crippen molar-refractivity contribution in [2.75, 3.05) is 6.54 Å². The highest BCUT2D eigenvalue weighted by atomic mass is 16.5. The van der Waals surface area contributed by atoms with E-state index in [4.69, 9.17) is 4.74 Å². The minimum atomic E-state index is -0.0844. The standard InChI is InChI=1S/C14H19NO2/c1-10(2)17-14(16)12-8-9-15-13(12)11-6-4-3-5-7-11/h3-7,10,12-13,15H,8-9H2,1-2H3/t12-,13?/m0/s1. The number of hydrogen-bond acceptors (Lipinski definition) is 3. The second kappa shape index (κ2) is 5.32. The van der Waals surface area contributed by atoms with Crippen molar-refractivity contribution in [3.8, 4) is 0 Å². The summed E-state index contributed by atoms with van der Waals surface area (Å²) in [5.74, 6) is -0.140. The maximum absolute atomic E-state index is 12.0. The quantitative estimate of drug-likeness (QED) is 0.814. The number of carbonyl (C=O) groups excluding carboxylic acids is 1. The molecule has 17 heavy (non-hydrogen) atoms. The Hall–Kier alpha value is -1.35. The Morgan fingerprint density at radius 3 is 2.71 bits per heavy atom. The third-order valence-corrected chi connectivity index (χ3v) is 3.04. The first-order valence-corrected chi connectivity index (χ1v) is 6.17. The molecule has 1 saturated heterocycles. The minimum absolute atomic E-state index is 0.0421. The van der Waals surface area contributed by atoms with Gasteiger partial charge in [0.15, 0.2) is 0 Å². The lowest BCUT2D eigenvalue weighted by atomic mass is 9.94. The molecule has 2 atom stereocenters. The molecule has 3 heteroatoms. The summed E-state index contributed by atoms with van der Waals surface area (Å²) in [5, 5.41) is 3.38. The average molecular weight is 233 g/mol. The van der Waals surface area contributed by atoms with E-state index in [1.165, 1.54) is 0 Å². The number of carbonyl (C=O) groups is 1. The predicted octanol–water partition coefficient (Wildman–Crippen LogP) is 2.29. The highest BCUT2D eigenvalue weighted by Crippen LogP contribution is 2.30. The molecule has 0 spiro atoms. The topological polar surface area (TPSA) is 38.3 Å². The summed E-state index contributed by atoms with van der Waals surface area (Å²) >= 11 is 0. The van der Waals surface area contributed by atoms with E-state index in [1.807, 2.05) is 32.0 Å². The summed E-state index contributed by atoms with van der Waals surface area (Å²) in [6, 6.07) is 10.2. The van der Waals surface area contributed by atoms with Crippen LogP contribution in [0.1, 0.15) is 31.9 Å². The number of rotatable bonds is 3. The van der Waals surface area contributed by atoms with Gasteiger partial charge in [-0.05, 0) is 32.4 Å². The van der Waals surface area contributed by atoms with Gasteiger partial charge in [-0.1, -0.05) is 30.3 Å². The van der Waals surface area contributed by atoms with Crippen molar-refractivity contribution in [2.45, 2.75) is 32.4 Å². The molecular formula is C14H19NO2. The Balaban J connectivity index is 2.10. The molecule has 1 unspecified atom stereocenters. The van der Waals surface area contributed by atoms with Crippen LogP contribution in [0.2, 0.25) is 0 Å². The summed E-state index contributed by atoms with van der Waals surface area (Å²) in [6.45, 7) is 4.65. The average Bonchev–Trinajstić information content (AvgIpc) is 2.78. The molecule has 1 aliphatic rings. The Morgan fingerprint density at radius 1 is 1.35 bits per heavy atom. The van der Waals surface area contributed by atoms with Crippen LogP contribution in [0.4, 0.5) is 0 Å². The third kappa shape index (κ3) is 2.86. The van der Waals surface area contributed by atoms with Crippen molar-refractivity contribution < 1.29 is 9.53 Å². The van der Waals surface area contributed by atoms with Gasteiger partial charge in [0.2, 0.25) is 0 Å². The van der Waals surface area contributed by atoms with Crippen molar-refractivity contribution in [3.63, 3.8) is 0 Å². The van der Waals surface area contributed by atoms with Gasteiger partial charge in [-0.15, -0.1) is 0 Å². The fourth-order valence-electron chi connectivity index (χ4n) is 2.29. The number of nitrogens with one attached hydrogen (secondary N) is 1. The summed E-state index contributed by atoms with van der Waals surface area (Å²) < 4.78 is 5.31. The van der Waals surface area contributed by atoms with Gasteiger partial charge in [-0.25, -0.2) is 0 Å². The third-order valence-electron chi connectivity index (χ3n) is 3.04. The van der Waals surface area contributed by atoms with Crippen molar-refractivity contribution in [2.24, 2.45) is 5.92 Å². The maximum atomic E-state index is 12.0. The maximum Gasteiger partial charge on any atom is 0.311 e. The van der Waals surface area contributed by atoms with Crippen LogP contribution in [0.25, 0.3) is 0 Å². The second-order valence-corrected chi connectivity index (χ2v) is 4.72. The molecule has 2 rings (SSSR count). The number of ether oxygens (including phenoxy) is 1. The lowest BCUT2D eigenvalue weighted by Gasteiger charge is -2.20. The SMILES string of the molecule is CC(C)OC(=O)[C@H]1CCNC1c1ccccc1. The van der Waals surface area contributed by atoms with E-state index in [0.717, 1.165) is 18.5 Å². The zero-order chi connectivity index (χ0) is 12.3. The fraction of sp³-hybridized carbons (Fsp3) is 0.500. The zero-order valence-corrected chi connectivity index (χ0v) is 10.3. The van der Waals surface area contributed by atoms with Crippen LogP contribution in [0, 0.1) is 5.92 Å². The molecule has 1 aromatic rings. The van der Waals surface area contributed by atoms with Gasteiger partial charge >= 0.3 is 5.97 Å². The highest BCUT2D eigenvalue weighted by molar-refractivity contribution is 5.74. The smallest absolute Gasteiger partial charge is 0.311 e. The first kappa shape index (κ1) is 12.1. The summed E-state index contributed by atoms with van der Waals surface area (Å²) in [5.41, 5.74) is 1.16. The molecule has 1 aliphatic heterocycles. The first-order valence-electron chi connectivity index (χ1n) is 6.17. The molecule has 1 N–H and O–H groups in total. The fourth-order valence-corrected chi connectivity index (χ4v) is 2.29. The van der Waals surface area contributed by atoms with Crippen LogP contribution in [0.3, 0.4) is 0 Å². The Bertz CT molecular complexity index is 375. The molecule has 3 nitrogen and oxygen atoms in total. The molecule has 0 bridgehead atoms. The van der Waals surface area contributed by atoms with E-state index >= 15 is 0 Å². The Morgan fingerprint density at radius 2 is 2.06 bits per heavy atom. The van der Waals surface area contributed by atoms with Crippen molar-refractivity contribution >= 4 is 5.97 Å². The van der Waals surface area contributed by atoms with E-state index in [1.54, 1.807) is 0 Å². The monoisotopic (exact) mass is 233 g/mol. The second-order valence-electron chi connectivity index (χ2n) is 4.72. The van der Waals surface area contributed by atoms with Gasteiger partial charge in [0.25, 0.3) is 0 Å². The summed E-state index contributed by atoms with van der Waals surface area (Å²) in [7, 11) is 0. The molecule has 0 aliphatic carbocycles. The molecule has 0 radical (unpaired) electrons. The molecular weight excluding hydrogens is 214 g/mol. The first-order chi connectivity index (χ1) is 8.18.